The highest BCUT2D eigenvalue weighted by molar-refractivity contribution is 6.30. The molecule has 0 fully saturated rings. The van der Waals surface area contributed by atoms with Gasteiger partial charge >= 0.3 is 0 Å². The van der Waals surface area contributed by atoms with E-state index in [0.717, 1.165) is 11.1 Å². The standard InChI is InChI=1S/C14H14ClFN2O/c1-19-14-10(3-2-6-18-14)13(17)8-9-4-5-11(15)12(16)7-9/h2-7,13H,8,17H2,1H3. The maximum atomic E-state index is 13.4. The summed E-state index contributed by atoms with van der Waals surface area (Å²) < 4.78 is 18.5. The molecule has 0 bridgehead atoms. The van der Waals surface area contributed by atoms with Crippen LogP contribution < -0.4 is 10.5 Å². The normalized spacial score (nSPS) is 12.2. The average molecular weight is 281 g/mol. The summed E-state index contributed by atoms with van der Waals surface area (Å²) in [5, 5.41) is 0.108. The lowest BCUT2D eigenvalue weighted by Gasteiger charge is -2.14. The van der Waals surface area contributed by atoms with Crippen LogP contribution in [0.15, 0.2) is 36.5 Å². The van der Waals surface area contributed by atoms with Crippen LogP contribution in [0.1, 0.15) is 17.2 Å². The van der Waals surface area contributed by atoms with Gasteiger partial charge in [0.15, 0.2) is 0 Å². The number of ether oxygens (including phenoxy) is 1. The first-order chi connectivity index (χ1) is 9.11. The molecule has 0 aliphatic carbocycles. The summed E-state index contributed by atoms with van der Waals surface area (Å²) in [4.78, 5) is 4.09. The van der Waals surface area contributed by atoms with Gasteiger partial charge in [-0.3, -0.25) is 0 Å². The Hall–Kier alpha value is -1.65. The molecular weight excluding hydrogens is 267 g/mol. The lowest BCUT2D eigenvalue weighted by atomic mass is 10.0. The summed E-state index contributed by atoms with van der Waals surface area (Å²) in [5.41, 5.74) is 7.69. The van der Waals surface area contributed by atoms with Gasteiger partial charge < -0.3 is 10.5 Å². The molecule has 3 nitrogen and oxygen atoms in total. The van der Waals surface area contributed by atoms with Crippen molar-refractivity contribution in [2.24, 2.45) is 5.73 Å². The van der Waals surface area contributed by atoms with E-state index in [-0.39, 0.29) is 11.1 Å². The summed E-state index contributed by atoms with van der Waals surface area (Å²) >= 11 is 5.65. The Morgan fingerprint density at radius 2 is 2.21 bits per heavy atom. The molecule has 2 N–H and O–H groups in total. The van der Waals surface area contributed by atoms with E-state index in [0.29, 0.717) is 12.3 Å². The second-order valence-electron chi connectivity index (χ2n) is 4.16. The molecule has 1 atom stereocenters. The van der Waals surface area contributed by atoms with Crippen molar-refractivity contribution < 1.29 is 9.13 Å². The largest absolute Gasteiger partial charge is 0.481 e. The van der Waals surface area contributed by atoms with E-state index in [4.69, 9.17) is 22.1 Å². The van der Waals surface area contributed by atoms with E-state index in [1.54, 1.807) is 25.4 Å². The van der Waals surface area contributed by atoms with Gasteiger partial charge in [0.25, 0.3) is 0 Å². The molecule has 1 aromatic heterocycles. The quantitative estimate of drug-likeness (QED) is 0.936. The van der Waals surface area contributed by atoms with Gasteiger partial charge in [0.2, 0.25) is 5.88 Å². The van der Waals surface area contributed by atoms with Crippen molar-refractivity contribution in [3.8, 4) is 5.88 Å². The summed E-state index contributed by atoms with van der Waals surface area (Å²) in [6.07, 6.45) is 2.12. The SMILES string of the molecule is COc1ncccc1C(N)Cc1ccc(Cl)c(F)c1. The molecule has 0 saturated carbocycles. The molecule has 1 heterocycles. The Bertz CT molecular complexity index is 577. The highest BCUT2D eigenvalue weighted by Gasteiger charge is 2.14. The fourth-order valence-corrected chi connectivity index (χ4v) is 2.00. The van der Waals surface area contributed by atoms with Crippen molar-refractivity contribution >= 4 is 11.6 Å². The van der Waals surface area contributed by atoms with Crippen molar-refractivity contribution in [3.05, 3.63) is 58.5 Å². The van der Waals surface area contributed by atoms with E-state index in [1.807, 2.05) is 6.07 Å². The van der Waals surface area contributed by atoms with Crippen LogP contribution in [0.25, 0.3) is 0 Å². The molecule has 1 aromatic carbocycles. The van der Waals surface area contributed by atoms with Crippen molar-refractivity contribution in [2.45, 2.75) is 12.5 Å². The minimum Gasteiger partial charge on any atom is -0.481 e. The third-order valence-electron chi connectivity index (χ3n) is 2.83. The number of methoxy groups -OCH3 is 1. The van der Waals surface area contributed by atoms with Crippen molar-refractivity contribution in [1.29, 1.82) is 0 Å². The molecule has 100 valence electrons. The highest BCUT2D eigenvalue weighted by Crippen LogP contribution is 2.24. The predicted molar refractivity (Wildman–Crippen MR) is 72.8 cm³/mol. The lowest BCUT2D eigenvalue weighted by molar-refractivity contribution is 0.388. The first-order valence-electron chi connectivity index (χ1n) is 5.80. The molecule has 0 aliphatic rings. The van der Waals surface area contributed by atoms with Crippen LogP contribution >= 0.6 is 11.6 Å². The number of nitrogens with two attached hydrogens (primary N) is 1. The minimum atomic E-state index is -0.440. The summed E-state index contributed by atoms with van der Waals surface area (Å²) in [6.45, 7) is 0. The van der Waals surface area contributed by atoms with Gasteiger partial charge in [0.05, 0.1) is 12.1 Å². The monoisotopic (exact) mass is 280 g/mol. The molecule has 0 spiro atoms. The first-order valence-corrected chi connectivity index (χ1v) is 6.18. The van der Waals surface area contributed by atoms with Crippen LogP contribution in [0.3, 0.4) is 0 Å². The maximum Gasteiger partial charge on any atom is 0.217 e. The molecule has 2 rings (SSSR count). The topological polar surface area (TPSA) is 48.1 Å². The number of nitrogens with zero attached hydrogens (tertiary/aromatic N) is 1. The zero-order valence-corrected chi connectivity index (χ0v) is 11.2. The Labute approximate surface area is 116 Å². The zero-order chi connectivity index (χ0) is 13.8. The molecule has 0 saturated heterocycles. The van der Waals surface area contributed by atoms with Crippen LogP contribution in [0.4, 0.5) is 4.39 Å². The second-order valence-corrected chi connectivity index (χ2v) is 4.57. The van der Waals surface area contributed by atoms with Gasteiger partial charge in [-0.2, -0.15) is 0 Å². The van der Waals surface area contributed by atoms with Crippen molar-refractivity contribution in [3.63, 3.8) is 0 Å². The Morgan fingerprint density at radius 1 is 1.42 bits per heavy atom. The van der Waals surface area contributed by atoms with Crippen LogP contribution in [0.5, 0.6) is 5.88 Å². The van der Waals surface area contributed by atoms with Gasteiger partial charge in [-0.15, -0.1) is 0 Å². The smallest absolute Gasteiger partial charge is 0.217 e. The Kier molecular flexibility index (Phi) is 4.35. The lowest BCUT2D eigenvalue weighted by Crippen LogP contribution is -2.15. The Balaban J connectivity index is 2.20. The van der Waals surface area contributed by atoms with E-state index < -0.39 is 5.82 Å². The van der Waals surface area contributed by atoms with Crippen LogP contribution in [0.2, 0.25) is 5.02 Å². The van der Waals surface area contributed by atoms with Crippen molar-refractivity contribution in [1.82, 2.24) is 4.98 Å². The van der Waals surface area contributed by atoms with Crippen molar-refractivity contribution in [2.75, 3.05) is 7.11 Å². The molecule has 0 amide bonds. The summed E-state index contributed by atoms with van der Waals surface area (Å²) in [5.74, 6) is 0.0500. The summed E-state index contributed by atoms with van der Waals surface area (Å²) in [6, 6.07) is 8.01. The molecule has 0 aliphatic heterocycles. The molecular formula is C14H14ClFN2O. The minimum absolute atomic E-state index is 0.108. The average Bonchev–Trinajstić information content (AvgIpc) is 2.43. The first kappa shape index (κ1) is 13.8. The fraction of sp³-hybridized carbons (Fsp3) is 0.214. The summed E-state index contributed by atoms with van der Waals surface area (Å²) in [7, 11) is 1.54. The second kappa shape index (κ2) is 5.99. The number of pyridine rings is 1. The number of rotatable bonds is 4. The number of hydrogen-bond acceptors (Lipinski definition) is 3. The van der Waals surface area contributed by atoms with E-state index in [2.05, 4.69) is 4.98 Å². The van der Waals surface area contributed by atoms with Gasteiger partial charge in [-0.1, -0.05) is 23.7 Å². The molecule has 5 heteroatoms. The van der Waals surface area contributed by atoms with E-state index in [9.17, 15) is 4.39 Å². The number of halogens is 2. The Morgan fingerprint density at radius 3 is 2.89 bits per heavy atom. The molecule has 2 aromatic rings. The van der Waals surface area contributed by atoms with Crippen LogP contribution in [-0.2, 0) is 6.42 Å². The van der Waals surface area contributed by atoms with E-state index in [1.165, 1.54) is 12.1 Å². The number of benzene rings is 1. The number of aromatic nitrogens is 1. The van der Waals surface area contributed by atoms with Gasteiger partial charge in [0, 0.05) is 17.8 Å². The third-order valence-corrected chi connectivity index (χ3v) is 3.14. The predicted octanol–water partition coefficient (Wildman–Crippen LogP) is 3.13. The molecule has 19 heavy (non-hydrogen) atoms. The fourth-order valence-electron chi connectivity index (χ4n) is 1.89. The van der Waals surface area contributed by atoms with Crippen LogP contribution in [0, 0.1) is 5.82 Å². The third kappa shape index (κ3) is 3.22. The zero-order valence-electron chi connectivity index (χ0n) is 10.4. The molecule has 1 unspecified atom stereocenters. The number of hydrogen-bond donors (Lipinski definition) is 1. The van der Waals surface area contributed by atoms with Gasteiger partial charge in [-0.25, -0.2) is 9.37 Å². The molecule has 0 radical (unpaired) electrons. The van der Waals surface area contributed by atoms with E-state index >= 15 is 0 Å². The van der Waals surface area contributed by atoms with Gasteiger partial charge in [-0.05, 0) is 30.2 Å². The highest BCUT2D eigenvalue weighted by atomic mass is 35.5. The van der Waals surface area contributed by atoms with Gasteiger partial charge in [0.1, 0.15) is 5.82 Å². The maximum absolute atomic E-state index is 13.4. The van der Waals surface area contributed by atoms with Crippen LogP contribution in [-0.4, -0.2) is 12.1 Å².